The van der Waals surface area contributed by atoms with E-state index in [9.17, 15) is 4.79 Å². The summed E-state index contributed by atoms with van der Waals surface area (Å²) < 4.78 is 10.8. The van der Waals surface area contributed by atoms with Crippen LogP contribution in [0.15, 0.2) is 42.9 Å². The molecule has 3 aromatic heterocycles. The zero-order valence-corrected chi connectivity index (χ0v) is 26.2. The number of nitrogens with zero attached hydrogens (tertiary/aromatic N) is 5. The molecular weight excluding hydrogens is 552 g/mol. The van der Waals surface area contributed by atoms with Crippen molar-refractivity contribution in [1.82, 2.24) is 25.2 Å². The van der Waals surface area contributed by atoms with Gasteiger partial charge in [-0.05, 0) is 81.8 Å². The zero-order chi connectivity index (χ0) is 30.1. The largest absolute Gasteiger partial charge is 0.475 e. The minimum atomic E-state index is -0.0925. The average molecular weight is 595 g/mol. The highest BCUT2D eigenvalue weighted by atomic mass is 35.5. The quantitative estimate of drug-likeness (QED) is 0.214. The smallest absolute Gasteiger partial charge is 0.253 e. The van der Waals surface area contributed by atoms with E-state index in [-0.39, 0.29) is 5.91 Å². The highest BCUT2D eigenvalue weighted by Crippen LogP contribution is 2.28. The van der Waals surface area contributed by atoms with Crippen LogP contribution in [-0.2, 0) is 11.3 Å². The fourth-order valence-electron chi connectivity index (χ4n) is 5.57. The topological polar surface area (TPSA) is 92.7 Å². The summed E-state index contributed by atoms with van der Waals surface area (Å²) in [6, 6.07) is 8.55. The van der Waals surface area contributed by atoms with Crippen molar-refractivity contribution >= 4 is 23.2 Å². The Labute approximate surface area is 254 Å². The fourth-order valence-corrected chi connectivity index (χ4v) is 5.86. The lowest BCUT2D eigenvalue weighted by atomic mass is 9.99. The van der Waals surface area contributed by atoms with E-state index in [1.165, 1.54) is 11.1 Å². The van der Waals surface area contributed by atoms with Crippen LogP contribution in [0.1, 0.15) is 58.9 Å². The first-order valence-electron chi connectivity index (χ1n) is 14.7. The van der Waals surface area contributed by atoms with Crippen molar-refractivity contribution in [2.75, 3.05) is 44.9 Å². The van der Waals surface area contributed by atoms with E-state index in [2.05, 4.69) is 56.0 Å². The highest BCUT2D eigenvalue weighted by molar-refractivity contribution is 6.29. The molecule has 0 unspecified atom stereocenters. The van der Waals surface area contributed by atoms with Crippen molar-refractivity contribution in [3.63, 3.8) is 0 Å². The van der Waals surface area contributed by atoms with Crippen LogP contribution in [0.4, 0.5) is 5.69 Å². The molecule has 0 bridgehead atoms. The molecule has 9 nitrogen and oxygen atoms in total. The third kappa shape index (κ3) is 8.40. The van der Waals surface area contributed by atoms with Gasteiger partial charge in [0.1, 0.15) is 11.8 Å². The first-order chi connectivity index (χ1) is 20.3. The SMILES string of the molecule is COCCOc1ccc(N(Cc2cnccc2C)C2CCN([C@H](C)CCNC(=O)c3c(C)cc(Cl)nc3C)CC2)cn1. The Morgan fingerprint density at radius 3 is 2.60 bits per heavy atom. The van der Waals surface area contributed by atoms with Gasteiger partial charge in [-0.25, -0.2) is 9.97 Å². The molecule has 1 amide bonds. The standard InChI is InChI=1S/C32H43ClN6O3/c1-22-8-12-34-19-26(22)21-39(28-6-7-30(36-20-28)42-17-16-41-5)27-10-14-38(15-11-27)24(3)9-13-35-32(40)31-23(2)18-29(33)37-25(31)4/h6-8,12,18-20,24,27H,9-11,13-17,21H2,1-5H3,(H,35,40)/t24-/m1/s1. The highest BCUT2D eigenvalue weighted by Gasteiger charge is 2.28. The molecule has 1 aliphatic heterocycles. The molecule has 0 aliphatic carbocycles. The molecule has 0 spiro atoms. The number of pyridine rings is 3. The number of aryl methyl sites for hydroxylation is 3. The van der Waals surface area contributed by atoms with Crippen molar-refractivity contribution in [1.29, 1.82) is 0 Å². The molecule has 3 aromatic rings. The van der Waals surface area contributed by atoms with Gasteiger partial charge in [-0.3, -0.25) is 9.78 Å². The molecule has 4 rings (SSSR count). The van der Waals surface area contributed by atoms with Crippen LogP contribution in [-0.4, -0.2) is 77.8 Å². The number of halogens is 1. The predicted octanol–water partition coefficient (Wildman–Crippen LogP) is 5.16. The van der Waals surface area contributed by atoms with Crippen LogP contribution in [0.5, 0.6) is 5.88 Å². The lowest BCUT2D eigenvalue weighted by Gasteiger charge is -2.42. The summed E-state index contributed by atoms with van der Waals surface area (Å²) in [5.41, 5.74) is 5.63. The fraction of sp³-hybridized carbons (Fsp3) is 0.500. The van der Waals surface area contributed by atoms with Crippen molar-refractivity contribution in [2.45, 2.75) is 65.6 Å². The van der Waals surface area contributed by atoms with Gasteiger partial charge in [0.25, 0.3) is 5.91 Å². The van der Waals surface area contributed by atoms with E-state index >= 15 is 0 Å². The Morgan fingerprint density at radius 1 is 1.14 bits per heavy atom. The molecule has 1 aliphatic rings. The second-order valence-corrected chi connectivity index (χ2v) is 11.4. The third-order valence-electron chi connectivity index (χ3n) is 8.08. The number of hydrogen-bond acceptors (Lipinski definition) is 8. The van der Waals surface area contributed by atoms with Crippen LogP contribution >= 0.6 is 11.6 Å². The maximum atomic E-state index is 12.8. The lowest BCUT2D eigenvalue weighted by molar-refractivity contribution is 0.0943. The minimum Gasteiger partial charge on any atom is -0.475 e. The molecular formula is C32H43ClN6O3. The molecule has 4 heterocycles. The summed E-state index contributed by atoms with van der Waals surface area (Å²) in [5.74, 6) is 0.506. The number of amides is 1. The van der Waals surface area contributed by atoms with Crippen LogP contribution in [0.2, 0.25) is 5.15 Å². The summed E-state index contributed by atoms with van der Waals surface area (Å²) in [6.45, 7) is 12.5. The van der Waals surface area contributed by atoms with Crippen LogP contribution < -0.4 is 15.0 Å². The summed E-state index contributed by atoms with van der Waals surface area (Å²) in [5, 5.41) is 3.49. The molecule has 1 fully saturated rings. The molecule has 0 aromatic carbocycles. The van der Waals surface area contributed by atoms with Gasteiger partial charge in [-0.15, -0.1) is 0 Å². The first kappa shape index (κ1) is 31.7. The van der Waals surface area contributed by atoms with Crippen LogP contribution in [0.25, 0.3) is 0 Å². The molecule has 42 heavy (non-hydrogen) atoms. The number of likely N-dealkylation sites (tertiary alicyclic amines) is 1. The maximum absolute atomic E-state index is 12.8. The number of hydrogen-bond donors (Lipinski definition) is 1. The Kier molecular flexibility index (Phi) is 11.5. The average Bonchev–Trinajstić information content (AvgIpc) is 2.97. The number of ether oxygens (including phenoxy) is 2. The summed E-state index contributed by atoms with van der Waals surface area (Å²) in [7, 11) is 1.66. The number of anilines is 1. The number of rotatable bonds is 13. The Hall–Kier alpha value is -3.27. The second-order valence-electron chi connectivity index (χ2n) is 11.0. The van der Waals surface area contributed by atoms with Gasteiger partial charge in [0.2, 0.25) is 5.88 Å². The summed E-state index contributed by atoms with van der Waals surface area (Å²) >= 11 is 6.03. The lowest BCUT2D eigenvalue weighted by Crippen LogP contribution is -2.48. The number of methoxy groups -OCH3 is 1. The Morgan fingerprint density at radius 2 is 1.93 bits per heavy atom. The zero-order valence-electron chi connectivity index (χ0n) is 25.4. The van der Waals surface area contributed by atoms with Crippen LogP contribution in [0.3, 0.4) is 0 Å². The van der Waals surface area contributed by atoms with Gasteiger partial charge in [0.05, 0.1) is 29.7 Å². The molecule has 226 valence electrons. The molecule has 1 atom stereocenters. The molecule has 1 N–H and O–H groups in total. The number of nitrogens with one attached hydrogen (secondary N) is 1. The molecule has 10 heteroatoms. The summed E-state index contributed by atoms with van der Waals surface area (Å²) in [6.07, 6.45) is 8.67. The van der Waals surface area contributed by atoms with Crippen molar-refractivity contribution in [3.8, 4) is 5.88 Å². The van der Waals surface area contributed by atoms with E-state index in [1.807, 2.05) is 38.5 Å². The van der Waals surface area contributed by atoms with Gasteiger partial charge >= 0.3 is 0 Å². The van der Waals surface area contributed by atoms with Crippen molar-refractivity contribution < 1.29 is 14.3 Å². The van der Waals surface area contributed by atoms with Crippen molar-refractivity contribution in [2.24, 2.45) is 0 Å². The Bertz CT molecular complexity index is 1290. The third-order valence-corrected chi connectivity index (χ3v) is 8.28. The van der Waals surface area contributed by atoms with Gasteiger partial charge in [-0.2, -0.15) is 0 Å². The number of aromatic nitrogens is 3. The normalized spacial score (nSPS) is 14.9. The Balaban J connectivity index is 1.34. The van der Waals surface area contributed by atoms with Crippen molar-refractivity contribution in [3.05, 3.63) is 76.0 Å². The minimum absolute atomic E-state index is 0.0925. The van der Waals surface area contributed by atoms with Gasteiger partial charge in [0.15, 0.2) is 0 Å². The van der Waals surface area contributed by atoms with E-state index in [0.717, 1.165) is 50.1 Å². The van der Waals surface area contributed by atoms with E-state index in [4.69, 9.17) is 21.1 Å². The summed E-state index contributed by atoms with van der Waals surface area (Å²) in [4.78, 5) is 31.0. The molecule has 0 saturated carbocycles. The molecule has 0 radical (unpaired) electrons. The van der Waals surface area contributed by atoms with E-state index in [0.29, 0.717) is 54.1 Å². The van der Waals surface area contributed by atoms with Gasteiger partial charge < -0.3 is 24.6 Å². The first-order valence-corrected chi connectivity index (χ1v) is 15.0. The van der Waals surface area contributed by atoms with Crippen LogP contribution in [0, 0.1) is 20.8 Å². The molecule has 1 saturated heterocycles. The number of carbonyl (C=O) groups is 1. The maximum Gasteiger partial charge on any atom is 0.253 e. The van der Waals surface area contributed by atoms with E-state index in [1.54, 1.807) is 13.2 Å². The predicted molar refractivity (Wildman–Crippen MR) is 166 cm³/mol. The van der Waals surface area contributed by atoms with E-state index < -0.39 is 0 Å². The second kappa shape index (κ2) is 15.3. The monoisotopic (exact) mass is 594 g/mol. The number of piperidine rings is 1. The number of carbonyl (C=O) groups excluding carboxylic acids is 1. The van der Waals surface area contributed by atoms with Gasteiger partial charge in [-0.1, -0.05) is 11.6 Å². The van der Waals surface area contributed by atoms with Gasteiger partial charge in [0, 0.05) is 63.8 Å².